The topological polar surface area (TPSA) is 63.1 Å². The molecule has 0 atom stereocenters. The third-order valence-corrected chi connectivity index (χ3v) is 3.23. The van der Waals surface area contributed by atoms with Crippen molar-refractivity contribution in [2.75, 3.05) is 0 Å². The van der Waals surface area contributed by atoms with Crippen LogP contribution in [-0.4, -0.2) is 21.3 Å². The first-order chi connectivity index (χ1) is 7.68. The number of aromatic carboxylic acids is 1. The number of aryl methyl sites for hydroxylation is 1. The third-order valence-electron chi connectivity index (χ3n) is 3.23. The summed E-state index contributed by atoms with van der Waals surface area (Å²) in [5, 5.41) is 16.7. The summed E-state index contributed by atoms with van der Waals surface area (Å²) in [6.45, 7) is 1.78. The molecule has 4 nitrogen and oxygen atoms in total. The first-order valence-electron chi connectivity index (χ1n) is 5.76. The van der Waals surface area contributed by atoms with Crippen molar-refractivity contribution in [3.05, 3.63) is 23.0 Å². The highest BCUT2D eigenvalue weighted by molar-refractivity contribution is 5.86. The Morgan fingerprint density at radius 2 is 2.00 bits per heavy atom. The van der Waals surface area contributed by atoms with Gasteiger partial charge in [0.25, 0.3) is 0 Å². The molecule has 86 valence electrons. The van der Waals surface area contributed by atoms with Crippen molar-refractivity contribution in [1.82, 2.24) is 10.2 Å². The van der Waals surface area contributed by atoms with Gasteiger partial charge in [0.2, 0.25) is 0 Å². The molecule has 1 fully saturated rings. The number of carboxylic acids is 1. The van der Waals surface area contributed by atoms with E-state index in [1.807, 2.05) is 6.07 Å². The van der Waals surface area contributed by atoms with Gasteiger partial charge < -0.3 is 5.11 Å². The highest BCUT2D eigenvalue weighted by Crippen LogP contribution is 2.31. The summed E-state index contributed by atoms with van der Waals surface area (Å²) in [5.41, 5.74) is 1.74. The summed E-state index contributed by atoms with van der Waals surface area (Å²) in [6.07, 6.45) is 6.09. The molecule has 0 spiro atoms. The first-order valence-corrected chi connectivity index (χ1v) is 5.76. The number of carbonyl (C=O) groups is 1. The van der Waals surface area contributed by atoms with Crippen molar-refractivity contribution in [2.24, 2.45) is 0 Å². The fraction of sp³-hybridized carbons (Fsp3) is 0.583. The highest BCUT2D eigenvalue weighted by atomic mass is 16.4. The van der Waals surface area contributed by atoms with Crippen molar-refractivity contribution < 1.29 is 9.90 Å². The highest BCUT2D eigenvalue weighted by Gasteiger charge is 2.19. The lowest BCUT2D eigenvalue weighted by molar-refractivity contribution is 0.0688. The molecule has 0 aliphatic heterocycles. The van der Waals surface area contributed by atoms with Crippen LogP contribution in [0.4, 0.5) is 0 Å². The molecule has 0 amide bonds. The molecular formula is C12H16N2O2. The van der Waals surface area contributed by atoms with E-state index in [0.29, 0.717) is 11.5 Å². The molecule has 4 heteroatoms. The van der Waals surface area contributed by atoms with E-state index in [0.717, 1.165) is 18.5 Å². The molecule has 1 aliphatic rings. The standard InChI is InChI=1S/C12H16N2O2/c1-8-7-10(9-5-3-2-4-6-9)13-14-11(8)12(15)16/h7,9H,2-6H2,1H3,(H,15,16). The summed E-state index contributed by atoms with van der Waals surface area (Å²) in [6, 6.07) is 1.88. The fourth-order valence-electron chi connectivity index (χ4n) is 2.31. The van der Waals surface area contributed by atoms with E-state index in [9.17, 15) is 4.79 Å². The zero-order valence-corrected chi connectivity index (χ0v) is 9.44. The predicted octanol–water partition coefficient (Wildman–Crippen LogP) is 2.53. The number of rotatable bonds is 2. The zero-order valence-electron chi connectivity index (χ0n) is 9.44. The average molecular weight is 220 g/mol. The van der Waals surface area contributed by atoms with Gasteiger partial charge in [-0.15, -0.1) is 5.10 Å². The lowest BCUT2D eigenvalue weighted by Crippen LogP contribution is -2.11. The number of hydrogen-bond donors (Lipinski definition) is 1. The molecule has 0 unspecified atom stereocenters. The van der Waals surface area contributed by atoms with E-state index >= 15 is 0 Å². The van der Waals surface area contributed by atoms with Gasteiger partial charge in [0.15, 0.2) is 5.69 Å². The van der Waals surface area contributed by atoms with E-state index in [-0.39, 0.29) is 5.69 Å². The van der Waals surface area contributed by atoms with Crippen LogP contribution < -0.4 is 0 Å². The monoisotopic (exact) mass is 220 g/mol. The molecule has 1 aromatic rings. The van der Waals surface area contributed by atoms with E-state index in [1.165, 1.54) is 19.3 Å². The summed E-state index contributed by atoms with van der Waals surface area (Å²) < 4.78 is 0. The van der Waals surface area contributed by atoms with Crippen molar-refractivity contribution in [3.8, 4) is 0 Å². The minimum atomic E-state index is -1.000. The molecule has 1 heterocycles. The van der Waals surface area contributed by atoms with Crippen molar-refractivity contribution >= 4 is 5.97 Å². The number of nitrogens with zero attached hydrogens (tertiary/aromatic N) is 2. The van der Waals surface area contributed by atoms with Crippen LogP contribution in [0.1, 0.15) is 59.8 Å². The zero-order chi connectivity index (χ0) is 11.5. The number of hydrogen-bond acceptors (Lipinski definition) is 3. The second-order valence-corrected chi connectivity index (χ2v) is 4.44. The smallest absolute Gasteiger partial charge is 0.356 e. The minimum absolute atomic E-state index is 0.0690. The molecule has 0 saturated heterocycles. The molecule has 1 aliphatic carbocycles. The van der Waals surface area contributed by atoms with Gasteiger partial charge in [-0.3, -0.25) is 0 Å². The number of aromatic nitrogens is 2. The Morgan fingerprint density at radius 1 is 1.31 bits per heavy atom. The van der Waals surface area contributed by atoms with Gasteiger partial charge in [-0.1, -0.05) is 19.3 Å². The van der Waals surface area contributed by atoms with Crippen LogP contribution >= 0.6 is 0 Å². The molecule has 1 aromatic heterocycles. The lowest BCUT2D eigenvalue weighted by Gasteiger charge is -2.20. The summed E-state index contributed by atoms with van der Waals surface area (Å²) in [7, 11) is 0. The molecule has 0 aromatic carbocycles. The maximum Gasteiger partial charge on any atom is 0.356 e. The molecule has 2 rings (SSSR count). The molecule has 1 saturated carbocycles. The van der Waals surface area contributed by atoms with Crippen LogP contribution in [0.2, 0.25) is 0 Å². The van der Waals surface area contributed by atoms with Crippen LogP contribution in [0.3, 0.4) is 0 Å². The maximum absolute atomic E-state index is 10.8. The van der Waals surface area contributed by atoms with Gasteiger partial charge in [-0.05, 0) is 31.4 Å². The lowest BCUT2D eigenvalue weighted by atomic mass is 9.86. The van der Waals surface area contributed by atoms with Gasteiger partial charge in [-0.2, -0.15) is 5.10 Å². The first kappa shape index (κ1) is 11.0. The summed E-state index contributed by atoms with van der Waals surface area (Å²) >= 11 is 0. The molecule has 0 bridgehead atoms. The average Bonchev–Trinajstić information content (AvgIpc) is 2.29. The van der Waals surface area contributed by atoms with E-state index in [4.69, 9.17) is 5.11 Å². The van der Waals surface area contributed by atoms with Crippen LogP contribution in [0, 0.1) is 6.92 Å². The van der Waals surface area contributed by atoms with Crippen LogP contribution in [-0.2, 0) is 0 Å². The number of carboxylic acid groups (broad SMARTS) is 1. The van der Waals surface area contributed by atoms with Crippen LogP contribution in [0.15, 0.2) is 6.07 Å². The Kier molecular flexibility index (Phi) is 3.17. The van der Waals surface area contributed by atoms with Gasteiger partial charge >= 0.3 is 5.97 Å². The van der Waals surface area contributed by atoms with Crippen LogP contribution in [0.5, 0.6) is 0 Å². The minimum Gasteiger partial charge on any atom is -0.476 e. The summed E-state index contributed by atoms with van der Waals surface area (Å²) in [5.74, 6) is -0.525. The SMILES string of the molecule is Cc1cc(C2CCCCC2)nnc1C(=O)O. The van der Waals surface area contributed by atoms with Gasteiger partial charge in [0.05, 0.1) is 5.69 Å². The van der Waals surface area contributed by atoms with Crippen molar-refractivity contribution in [1.29, 1.82) is 0 Å². The van der Waals surface area contributed by atoms with Gasteiger partial charge in [0, 0.05) is 5.92 Å². The Hall–Kier alpha value is -1.45. The Labute approximate surface area is 94.7 Å². The second kappa shape index (κ2) is 4.60. The molecule has 1 N–H and O–H groups in total. The van der Waals surface area contributed by atoms with E-state index in [2.05, 4.69) is 10.2 Å². The van der Waals surface area contributed by atoms with Gasteiger partial charge in [0.1, 0.15) is 0 Å². The molecule has 0 radical (unpaired) electrons. The maximum atomic E-state index is 10.8. The fourth-order valence-corrected chi connectivity index (χ4v) is 2.31. The summed E-state index contributed by atoms with van der Waals surface area (Å²) in [4.78, 5) is 10.8. The van der Waals surface area contributed by atoms with Crippen molar-refractivity contribution in [2.45, 2.75) is 44.9 Å². The largest absolute Gasteiger partial charge is 0.476 e. The molecular weight excluding hydrogens is 204 g/mol. The second-order valence-electron chi connectivity index (χ2n) is 4.44. The Morgan fingerprint density at radius 3 is 2.56 bits per heavy atom. The third kappa shape index (κ3) is 2.21. The van der Waals surface area contributed by atoms with E-state index in [1.54, 1.807) is 6.92 Å². The van der Waals surface area contributed by atoms with E-state index < -0.39 is 5.97 Å². The predicted molar refractivity (Wildman–Crippen MR) is 59.6 cm³/mol. The normalized spacial score (nSPS) is 17.3. The quantitative estimate of drug-likeness (QED) is 0.831. The van der Waals surface area contributed by atoms with Crippen molar-refractivity contribution in [3.63, 3.8) is 0 Å². The van der Waals surface area contributed by atoms with Gasteiger partial charge in [-0.25, -0.2) is 4.79 Å². The molecule has 16 heavy (non-hydrogen) atoms. The van der Waals surface area contributed by atoms with Crippen LogP contribution in [0.25, 0.3) is 0 Å². The Bertz CT molecular complexity index is 398. The Balaban J connectivity index is 2.23.